The Morgan fingerprint density at radius 3 is 1.21 bits per heavy atom. The maximum Gasteiger partial charge on any atom is 0.220 e. The summed E-state index contributed by atoms with van der Waals surface area (Å²) in [7, 11) is 0. The lowest BCUT2D eigenvalue weighted by Gasteiger charge is -2.20. The van der Waals surface area contributed by atoms with Gasteiger partial charge in [0.25, 0.3) is 0 Å². The molecule has 0 aliphatic carbocycles. The molecule has 0 spiro atoms. The van der Waals surface area contributed by atoms with E-state index in [1.807, 2.05) is 6.08 Å². The number of amides is 1. The third-order valence-corrected chi connectivity index (χ3v) is 9.68. The fourth-order valence-corrected chi connectivity index (χ4v) is 6.41. The molecule has 0 aliphatic rings. The fraction of sp³-hybridized carbons (Fsp3) is 0.884. The second kappa shape index (κ2) is 39.3. The Hall–Kier alpha value is -1.13. The fourth-order valence-electron chi connectivity index (χ4n) is 6.41. The van der Waals surface area contributed by atoms with Crippen LogP contribution < -0.4 is 5.32 Å². The zero-order chi connectivity index (χ0) is 34.3. The molecule has 0 aliphatic heterocycles. The van der Waals surface area contributed by atoms with Crippen LogP contribution in [0.15, 0.2) is 24.3 Å². The minimum atomic E-state index is -0.839. The van der Waals surface area contributed by atoms with E-state index < -0.39 is 12.1 Å². The smallest absolute Gasteiger partial charge is 0.220 e. The quantitative estimate of drug-likeness (QED) is 0.0455. The number of nitrogens with one attached hydrogen (secondary N) is 1. The van der Waals surface area contributed by atoms with Gasteiger partial charge in [-0.2, -0.15) is 0 Å². The number of rotatable bonds is 38. The standard InChI is InChI=1S/C43H83NO3/c1-3-5-7-9-11-13-15-17-18-19-20-21-22-23-24-25-26-27-28-30-32-34-36-38-42(46)41(40-45)44-43(47)39-37-35-33-31-29-16-14-12-10-8-6-4-2/h12,14,36,38,41-42,45-46H,3-11,13,15-35,37,39-40H2,1-2H3,(H,44,47)/b14-12-,38-36+. The predicted octanol–water partition coefficient (Wildman–Crippen LogP) is 12.8. The number of unbranched alkanes of at least 4 members (excludes halogenated alkanes) is 29. The molecule has 0 saturated heterocycles. The van der Waals surface area contributed by atoms with Crippen molar-refractivity contribution >= 4 is 5.91 Å². The summed E-state index contributed by atoms with van der Waals surface area (Å²) in [6.45, 7) is 4.28. The van der Waals surface area contributed by atoms with Gasteiger partial charge in [0.05, 0.1) is 18.8 Å². The topological polar surface area (TPSA) is 69.6 Å². The van der Waals surface area contributed by atoms with Crippen LogP contribution >= 0.6 is 0 Å². The van der Waals surface area contributed by atoms with Gasteiger partial charge in [-0.3, -0.25) is 4.79 Å². The van der Waals surface area contributed by atoms with Crippen LogP contribution in [0.2, 0.25) is 0 Å². The van der Waals surface area contributed by atoms with E-state index in [0.29, 0.717) is 6.42 Å². The number of carbonyl (C=O) groups is 1. The van der Waals surface area contributed by atoms with E-state index in [0.717, 1.165) is 38.5 Å². The number of aliphatic hydroxyl groups excluding tert-OH is 2. The summed E-state index contributed by atoms with van der Waals surface area (Å²) < 4.78 is 0. The van der Waals surface area contributed by atoms with Crippen LogP contribution in [0.5, 0.6) is 0 Å². The summed E-state index contributed by atoms with van der Waals surface area (Å²) in [5, 5.41) is 22.9. The molecule has 2 atom stereocenters. The van der Waals surface area contributed by atoms with E-state index in [9.17, 15) is 15.0 Å². The highest BCUT2D eigenvalue weighted by Crippen LogP contribution is 2.16. The van der Waals surface area contributed by atoms with Crippen molar-refractivity contribution in [1.82, 2.24) is 5.32 Å². The average Bonchev–Trinajstić information content (AvgIpc) is 3.07. The van der Waals surface area contributed by atoms with Crippen molar-refractivity contribution in [3.05, 3.63) is 24.3 Å². The molecule has 0 bridgehead atoms. The van der Waals surface area contributed by atoms with E-state index in [-0.39, 0.29) is 12.5 Å². The zero-order valence-corrected chi connectivity index (χ0v) is 31.8. The summed E-state index contributed by atoms with van der Waals surface area (Å²) in [4.78, 5) is 12.3. The Labute approximate surface area is 294 Å². The molecule has 0 fully saturated rings. The Morgan fingerprint density at radius 2 is 0.809 bits per heavy atom. The molecule has 0 radical (unpaired) electrons. The molecular formula is C43H83NO3. The Bertz CT molecular complexity index is 676. The van der Waals surface area contributed by atoms with Crippen LogP contribution in [-0.4, -0.2) is 34.9 Å². The second-order valence-electron chi connectivity index (χ2n) is 14.4. The van der Waals surface area contributed by atoms with Crippen molar-refractivity contribution in [3.63, 3.8) is 0 Å². The largest absolute Gasteiger partial charge is 0.394 e. The van der Waals surface area contributed by atoms with Crippen molar-refractivity contribution in [3.8, 4) is 0 Å². The molecule has 0 saturated carbocycles. The van der Waals surface area contributed by atoms with Crippen LogP contribution in [0.1, 0.15) is 226 Å². The minimum Gasteiger partial charge on any atom is -0.394 e. The highest BCUT2D eigenvalue weighted by atomic mass is 16.3. The van der Waals surface area contributed by atoms with E-state index in [2.05, 4.69) is 31.3 Å². The summed E-state index contributed by atoms with van der Waals surface area (Å²) in [5.74, 6) is -0.0733. The van der Waals surface area contributed by atoms with Crippen molar-refractivity contribution in [2.45, 2.75) is 238 Å². The van der Waals surface area contributed by atoms with Gasteiger partial charge in [0.2, 0.25) is 5.91 Å². The SMILES string of the molecule is CCCCC/C=C\CCCCCCCC(=O)NC(CO)C(O)/C=C/CCCCCCCCCCCCCCCCCCCCCCC. The van der Waals surface area contributed by atoms with Gasteiger partial charge in [-0.25, -0.2) is 0 Å². The highest BCUT2D eigenvalue weighted by Gasteiger charge is 2.17. The van der Waals surface area contributed by atoms with Crippen LogP contribution in [0.4, 0.5) is 0 Å². The molecule has 4 heteroatoms. The lowest BCUT2D eigenvalue weighted by molar-refractivity contribution is -0.123. The molecule has 2 unspecified atom stereocenters. The number of carbonyl (C=O) groups excluding carboxylic acids is 1. The predicted molar refractivity (Wildman–Crippen MR) is 207 cm³/mol. The minimum absolute atomic E-state index is 0.0733. The lowest BCUT2D eigenvalue weighted by atomic mass is 10.0. The molecule has 0 rings (SSSR count). The third-order valence-electron chi connectivity index (χ3n) is 9.68. The van der Waals surface area contributed by atoms with Gasteiger partial charge < -0.3 is 15.5 Å². The Morgan fingerprint density at radius 1 is 0.489 bits per heavy atom. The first kappa shape index (κ1) is 45.9. The number of hydrogen-bond donors (Lipinski definition) is 3. The molecule has 3 N–H and O–H groups in total. The van der Waals surface area contributed by atoms with E-state index in [1.165, 1.54) is 167 Å². The maximum atomic E-state index is 12.3. The molecule has 0 aromatic rings. The van der Waals surface area contributed by atoms with Gasteiger partial charge in [-0.15, -0.1) is 0 Å². The first-order valence-corrected chi connectivity index (χ1v) is 21.1. The maximum absolute atomic E-state index is 12.3. The Balaban J connectivity index is 3.53. The number of allylic oxidation sites excluding steroid dienone is 3. The molecule has 47 heavy (non-hydrogen) atoms. The van der Waals surface area contributed by atoms with Gasteiger partial charge in [0.15, 0.2) is 0 Å². The second-order valence-corrected chi connectivity index (χ2v) is 14.4. The summed E-state index contributed by atoms with van der Waals surface area (Å²) in [6, 6.07) is -0.623. The Kier molecular flexibility index (Phi) is 38.4. The molecule has 1 amide bonds. The molecule has 4 nitrogen and oxygen atoms in total. The normalized spacial score (nSPS) is 13.2. The van der Waals surface area contributed by atoms with Gasteiger partial charge in [-0.1, -0.05) is 199 Å². The van der Waals surface area contributed by atoms with Crippen LogP contribution in [-0.2, 0) is 4.79 Å². The number of aliphatic hydroxyl groups is 2. The third kappa shape index (κ3) is 36.0. The number of hydrogen-bond acceptors (Lipinski definition) is 3. The summed E-state index contributed by atoms with van der Waals surface area (Å²) in [6.07, 6.45) is 50.0. The van der Waals surface area contributed by atoms with Crippen LogP contribution in [0.25, 0.3) is 0 Å². The van der Waals surface area contributed by atoms with Crippen LogP contribution in [0, 0.1) is 0 Å². The van der Waals surface area contributed by atoms with Crippen molar-refractivity contribution in [1.29, 1.82) is 0 Å². The molecule has 0 heterocycles. The van der Waals surface area contributed by atoms with E-state index in [4.69, 9.17) is 0 Å². The first-order chi connectivity index (χ1) is 23.2. The average molecular weight is 662 g/mol. The van der Waals surface area contributed by atoms with Gasteiger partial charge in [0.1, 0.15) is 0 Å². The van der Waals surface area contributed by atoms with Crippen LogP contribution in [0.3, 0.4) is 0 Å². The van der Waals surface area contributed by atoms with Crippen molar-refractivity contribution in [2.75, 3.05) is 6.61 Å². The van der Waals surface area contributed by atoms with Crippen molar-refractivity contribution in [2.24, 2.45) is 0 Å². The molecular weight excluding hydrogens is 578 g/mol. The van der Waals surface area contributed by atoms with Gasteiger partial charge in [-0.05, 0) is 44.9 Å². The zero-order valence-electron chi connectivity index (χ0n) is 31.8. The molecule has 278 valence electrons. The molecule has 0 aromatic carbocycles. The molecule has 0 aromatic heterocycles. The lowest BCUT2D eigenvalue weighted by Crippen LogP contribution is -2.45. The van der Waals surface area contributed by atoms with Gasteiger partial charge in [0, 0.05) is 6.42 Å². The van der Waals surface area contributed by atoms with E-state index in [1.54, 1.807) is 6.08 Å². The summed E-state index contributed by atoms with van der Waals surface area (Å²) >= 11 is 0. The van der Waals surface area contributed by atoms with E-state index >= 15 is 0 Å². The van der Waals surface area contributed by atoms with Gasteiger partial charge >= 0.3 is 0 Å². The first-order valence-electron chi connectivity index (χ1n) is 21.1. The van der Waals surface area contributed by atoms with Crippen molar-refractivity contribution < 1.29 is 15.0 Å². The highest BCUT2D eigenvalue weighted by molar-refractivity contribution is 5.76. The summed E-state index contributed by atoms with van der Waals surface area (Å²) in [5.41, 5.74) is 0. The monoisotopic (exact) mass is 662 g/mol.